The van der Waals surface area contributed by atoms with E-state index in [2.05, 4.69) is 10.0 Å². The zero-order valence-electron chi connectivity index (χ0n) is 20.2. The first-order chi connectivity index (χ1) is 17.0. The van der Waals surface area contributed by atoms with Crippen molar-refractivity contribution in [3.05, 3.63) is 72.3 Å². The van der Waals surface area contributed by atoms with Gasteiger partial charge in [0.2, 0.25) is 10.0 Å². The summed E-state index contributed by atoms with van der Waals surface area (Å²) in [5.74, 6) is 0.384. The molecule has 0 heterocycles. The van der Waals surface area contributed by atoms with Gasteiger partial charge in [0.1, 0.15) is 11.5 Å². The molecule has 0 aliphatic heterocycles. The van der Waals surface area contributed by atoms with Gasteiger partial charge in [0, 0.05) is 23.9 Å². The number of benzene rings is 3. The molecule has 0 spiro atoms. The maximum Gasteiger partial charge on any atom is 0.262 e. The van der Waals surface area contributed by atoms with E-state index in [-0.39, 0.29) is 17.1 Å². The SMILES string of the molecule is CCN(c1ccc(C(=O)Nc2ccc(S(=O)(=O)Nc3ccc(OC)cc3OC)cc2)cc1)S(C)(=O)=O. The minimum atomic E-state index is -3.93. The average molecular weight is 534 g/mol. The van der Waals surface area contributed by atoms with Crippen LogP contribution in [0, 0.1) is 0 Å². The van der Waals surface area contributed by atoms with Crippen LogP contribution in [0.15, 0.2) is 71.6 Å². The standard InChI is InChI=1S/C24H27N3O7S2/c1-5-27(35(4,29)30)19-10-6-17(7-11-19)24(28)25-18-8-13-21(14-9-18)36(31,32)26-22-15-12-20(33-2)16-23(22)34-3/h6-16,26H,5H2,1-4H3,(H,25,28). The molecule has 0 atom stereocenters. The lowest BCUT2D eigenvalue weighted by Gasteiger charge is -2.20. The molecule has 0 saturated carbocycles. The second-order valence-corrected chi connectivity index (χ2v) is 11.2. The third-order valence-electron chi connectivity index (χ3n) is 5.18. The fraction of sp³-hybridized carbons (Fsp3) is 0.208. The molecule has 3 rings (SSSR count). The molecule has 0 saturated heterocycles. The molecule has 0 bridgehead atoms. The van der Waals surface area contributed by atoms with E-state index >= 15 is 0 Å². The van der Waals surface area contributed by atoms with E-state index in [9.17, 15) is 21.6 Å². The summed E-state index contributed by atoms with van der Waals surface area (Å²) in [7, 11) is -4.44. The summed E-state index contributed by atoms with van der Waals surface area (Å²) >= 11 is 0. The number of hydrogen-bond acceptors (Lipinski definition) is 7. The van der Waals surface area contributed by atoms with Crippen LogP contribution < -0.4 is 23.8 Å². The smallest absolute Gasteiger partial charge is 0.262 e. The van der Waals surface area contributed by atoms with Crippen LogP contribution in [-0.4, -0.2) is 49.8 Å². The third kappa shape index (κ3) is 6.26. The van der Waals surface area contributed by atoms with Crippen molar-refractivity contribution in [3.63, 3.8) is 0 Å². The zero-order valence-corrected chi connectivity index (χ0v) is 21.8. The van der Waals surface area contributed by atoms with Gasteiger partial charge >= 0.3 is 0 Å². The number of carbonyl (C=O) groups excluding carboxylic acids is 1. The van der Waals surface area contributed by atoms with Gasteiger partial charge in [-0.2, -0.15) is 0 Å². The highest BCUT2D eigenvalue weighted by molar-refractivity contribution is 7.92. The second kappa shape index (κ2) is 10.9. The fourth-order valence-electron chi connectivity index (χ4n) is 3.39. The van der Waals surface area contributed by atoms with Gasteiger partial charge in [-0.3, -0.25) is 13.8 Å². The molecule has 0 aliphatic rings. The molecular formula is C24H27N3O7S2. The fourth-order valence-corrected chi connectivity index (χ4v) is 5.44. The van der Waals surface area contributed by atoms with Crippen molar-refractivity contribution in [1.29, 1.82) is 0 Å². The van der Waals surface area contributed by atoms with Crippen molar-refractivity contribution in [1.82, 2.24) is 0 Å². The van der Waals surface area contributed by atoms with Crippen molar-refractivity contribution in [3.8, 4) is 11.5 Å². The van der Waals surface area contributed by atoms with E-state index in [4.69, 9.17) is 9.47 Å². The van der Waals surface area contributed by atoms with E-state index in [1.165, 1.54) is 61.0 Å². The number of nitrogens with zero attached hydrogens (tertiary/aromatic N) is 1. The average Bonchev–Trinajstić information content (AvgIpc) is 2.84. The lowest BCUT2D eigenvalue weighted by atomic mass is 10.2. The van der Waals surface area contributed by atoms with Crippen LogP contribution in [0.1, 0.15) is 17.3 Å². The Morgan fingerprint density at radius 3 is 2.06 bits per heavy atom. The summed E-state index contributed by atoms with van der Waals surface area (Å²) in [4.78, 5) is 12.6. The van der Waals surface area contributed by atoms with Crippen LogP contribution in [0.2, 0.25) is 0 Å². The molecule has 192 valence electrons. The summed E-state index contributed by atoms with van der Waals surface area (Å²) < 4.78 is 63.5. The number of amides is 1. The van der Waals surface area contributed by atoms with Gasteiger partial charge in [-0.25, -0.2) is 16.8 Å². The Morgan fingerprint density at radius 1 is 0.889 bits per heavy atom. The van der Waals surface area contributed by atoms with Crippen molar-refractivity contribution in [2.24, 2.45) is 0 Å². The van der Waals surface area contributed by atoms with Crippen LogP contribution in [0.4, 0.5) is 17.1 Å². The minimum Gasteiger partial charge on any atom is -0.497 e. The normalized spacial score (nSPS) is 11.4. The highest BCUT2D eigenvalue weighted by Crippen LogP contribution is 2.31. The highest BCUT2D eigenvalue weighted by atomic mass is 32.2. The quantitative estimate of drug-likeness (QED) is 0.407. The first-order valence-electron chi connectivity index (χ1n) is 10.7. The molecular weight excluding hydrogens is 506 g/mol. The number of ether oxygens (including phenoxy) is 2. The second-order valence-electron chi connectivity index (χ2n) is 7.62. The van der Waals surface area contributed by atoms with E-state index in [0.717, 1.165) is 6.26 Å². The molecule has 2 N–H and O–H groups in total. The number of hydrogen-bond donors (Lipinski definition) is 2. The molecule has 3 aromatic rings. The molecule has 0 fully saturated rings. The molecule has 0 unspecified atom stereocenters. The monoisotopic (exact) mass is 533 g/mol. The van der Waals surface area contributed by atoms with Crippen LogP contribution in [-0.2, 0) is 20.0 Å². The van der Waals surface area contributed by atoms with Crippen molar-refractivity contribution < 1.29 is 31.1 Å². The predicted octanol–water partition coefficient (Wildman–Crippen LogP) is 3.54. The first kappa shape index (κ1) is 26.8. The third-order valence-corrected chi connectivity index (χ3v) is 7.83. The van der Waals surface area contributed by atoms with Crippen LogP contribution in [0.25, 0.3) is 0 Å². The van der Waals surface area contributed by atoms with Crippen LogP contribution >= 0.6 is 0 Å². The van der Waals surface area contributed by atoms with E-state index in [1.54, 1.807) is 31.2 Å². The Morgan fingerprint density at radius 2 is 1.53 bits per heavy atom. The lowest BCUT2D eigenvalue weighted by molar-refractivity contribution is 0.102. The van der Waals surface area contributed by atoms with Crippen LogP contribution in [0.3, 0.4) is 0 Å². The number of carbonyl (C=O) groups is 1. The molecule has 36 heavy (non-hydrogen) atoms. The van der Waals surface area contributed by atoms with Gasteiger partial charge in [-0.15, -0.1) is 0 Å². The first-order valence-corrected chi connectivity index (χ1v) is 14.1. The number of methoxy groups -OCH3 is 2. The summed E-state index contributed by atoms with van der Waals surface area (Å²) in [5.41, 5.74) is 1.40. The summed E-state index contributed by atoms with van der Waals surface area (Å²) in [6.07, 6.45) is 1.12. The van der Waals surface area contributed by atoms with Gasteiger partial charge in [0.05, 0.1) is 36.7 Å². The predicted molar refractivity (Wildman–Crippen MR) is 139 cm³/mol. The maximum atomic E-state index is 12.8. The maximum absolute atomic E-state index is 12.8. The van der Waals surface area contributed by atoms with E-state index < -0.39 is 26.0 Å². The Hall–Kier alpha value is -3.77. The van der Waals surface area contributed by atoms with Crippen molar-refractivity contribution in [2.75, 3.05) is 41.4 Å². The molecule has 12 heteroatoms. The molecule has 0 aliphatic carbocycles. The number of anilines is 3. The molecule has 0 radical (unpaired) electrons. The number of nitrogens with one attached hydrogen (secondary N) is 2. The van der Waals surface area contributed by atoms with Crippen molar-refractivity contribution in [2.45, 2.75) is 11.8 Å². The van der Waals surface area contributed by atoms with Gasteiger partial charge in [-0.1, -0.05) is 0 Å². The van der Waals surface area contributed by atoms with Crippen molar-refractivity contribution >= 4 is 43.0 Å². The Balaban J connectivity index is 1.72. The van der Waals surface area contributed by atoms with Gasteiger partial charge < -0.3 is 14.8 Å². The molecule has 10 nitrogen and oxygen atoms in total. The lowest BCUT2D eigenvalue weighted by Crippen LogP contribution is -2.29. The van der Waals surface area contributed by atoms with E-state index in [1.807, 2.05) is 0 Å². The highest BCUT2D eigenvalue weighted by Gasteiger charge is 2.18. The molecule has 0 aromatic heterocycles. The van der Waals surface area contributed by atoms with E-state index in [0.29, 0.717) is 28.4 Å². The number of sulfonamides is 2. The minimum absolute atomic E-state index is 0.0110. The summed E-state index contributed by atoms with van der Waals surface area (Å²) in [6.45, 7) is 1.98. The summed E-state index contributed by atoms with van der Waals surface area (Å²) in [5, 5.41) is 2.69. The Kier molecular flexibility index (Phi) is 8.10. The van der Waals surface area contributed by atoms with Gasteiger partial charge in [-0.05, 0) is 67.6 Å². The summed E-state index contributed by atoms with van der Waals surface area (Å²) in [6, 6.07) is 16.5. The Bertz CT molecular complexity index is 1440. The molecule has 1 amide bonds. The largest absolute Gasteiger partial charge is 0.497 e. The Labute approximate surface area is 211 Å². The van der Waals surface area contributed by atoms with Crippen LogP contribution in [0.5, 0.6) is 11.5 Å². The zero-order chi connectivity index (χ0) is 26.5. The topological polar surface area (TPSA) is 131 Å². The van der Waals surface area contributed by atoms with Gasteiger partial charge in [0.25, 0.3) is 15.9 Å². The van der Waals surface area contributed by atoms with Gasteiger partial charge in [0.15, 0.2) is 0 Å². The number of rotatable bonds is 10. The molecule has 3 aromatic carbocycles.